The molecule has 35 heavy (non-hydrogen) atoms. The molecule has 0 saturated carbocycles. The second-order valence-electron chi connectivity index (χ2n) is 8.26. The quantitative estimate of drug-likeness (QED) is 0.615. The fourth-order valence-corrected chi connectivity index (χ4v) is 4.76. The van der Waals surface area contributed by atoms with E-state index in [0.717, 1.165) is 43.3 Å². The molecular weight excluding hydrogens is 469 g/mol. The number of ether oxygens (including phenoxy) is 1. The number of likely N-dealkylation sites (tertiary alicyclic amines) is 1. The van der Waals surface area contributed by atoms with Gasteiger partial charge in [0.25, 0.3) is 5.91 Å². The van der Waals surface area contributed by atoms with Gasteiger partial charge in [-0.05, 0) is 66.1 Å². The molecule has 0 aliphatic carbocycles. The molecule has 0 bridgehead atoms. The lowest BCUT2D eigenvalue weighted by Crippen LogP contribution is -2.35. The fourth-order valence-electron chi connectivity index (χ4n) is 3.89. The topological polar surface area (TPSA) is 98.4 Å². The number of halogens is 1. The van der Waals surface area contributed by atoms with E-state index < -0.39 is 5.91 Å². The molecule has 0 spiro atoms. The van der Waals surface area contributed by atoms with Gasteiger partial charge in [-0.3, -0.25) is 15.0 Å². The van der Waals surface area contributed by atoms with Crippen LogP contribution in [0.3, 0.4) is 0 Å². The largest absolute Gasteiger partial charge is 0.489 e. The first-order chi connectivity index (χ1) is 17.0. The number of rotatable bonds is 6. The maximum absolute atomic E-state index is 13.0. The average Bonchev–Trinajstić information content (AvgIpc) is 3.53. The first-order valence-corrected chi connectivity index (χ1v) is 12.0. The summed E-state index contributed by atoms with van der Waals surface area (Å²) >= 11 is 1.16. The molecule has 0 aromatic heterocycles. The van der Waals surface area contributed by atoms with Gasteiger partial charge in [-0.15, -0.1) is 0 Å². The van der Waals surface area contributed by atoms with Gasteiger partial charge in [0, 0.05) is 13.1 Å². The van der Waals surface area contributed by atoms with Crippen molar-refractivity contribution in [1.29, 1.82) is 5.41 Å². The average molecular weight is 492 g/mol. The zero-order valence-corrected chi connectivity index (χ0v) is 19.6. The number of aliphatic imine (C=N–C) groups is 1. The molecule has 8 nitrogen and oxygen atoms in total. The van der Waals surface area contributed by atoms with Crippen molar-refractivity contribution in [1.82, 2.24) is 9.91 Å². The number of fused-ring (bicyclic) bond motifs is 1. The van der Waals surface area contributed by atoms with Gasteiger partial charge in [-0.1, -0.05) is 24.3 Å². The lowest BCUT2D eigenvalue weighted by molar-refractivity contribution is -0.128. The molecule has 3 aliphatic rings. The van der Waals surface area contributed by atoms with E-state index in [-0.39, 0.29) is 29.6 Å². The molecule has 2 aromatic carbocycles. The van der Waals surface area contributed by atoms with Crippen LogP contribution >= 0.6 is 11.8 Å². The smallest absolute Gasteiger partial charge is 0.283 e. The molecule has 0 unspecified atom stereocenters. The highest BCUT2D eigenvalue weighted by atomic mass is 32.2. The van der Waals surface area contributed by atoms with Gasteiger partial charge in [-0.2, -0.15) is 15.1 Å². The Hall–Kier alpha value is -3.79. The number of amides is 2. The number of carbonyl (C=O) groups excluding carboxylic acids is 2. The van der Waals surface area contributed by atoms with Gasteiger partial charge in [0.15, 0.2) is 5.84 Å². The summed E-state index contributed by atoms with van der Waals surface area (Å²) in [5.74, 6) is -0.268. The van der Waals surface area contributed by atoms with Gasteiger partial charge in [0.05, 0.1) is 12.0 Å². The molecular formula is C25H22FN5O3S. The van der Waals surface area contributed by atoms with Crippen molar-refractivity contribution in [3.05, 3.63) is 71.0 Å². The second kappa shape index (κ2) is 9.83. The minimum Gasteiger partial charge on any atom is -0.489 e. The summed E-state index contributed by atoms with van der Waals surface area (Å²) < 4.78 is 18.7. The molecule has 178 valence electrons. The van der Waals surface area contributed by atoms with Crippen LogP contribution in [0.5, 0.6) is 5.75 Å². The predicted molar refractivity (Wildman–Crippen MR) is 133 cm³/mol. The van der Waals surface area contributed by atoms with Crippen molar-refractivity contribution >= 4 is 45.7 Å². The normalized spacial score (nSPS) is 18.6. The Balaban J connectivity index is 1.25. The number of amidine groups is 2. The summed E-state index contributed by atoms with van der Waals surface area (Å²) in [6.45, 7) is 1.83. The first-order valence-electron chi connectivity index (χ1n) is 11.2. The number of carbonyl (C=O) groups is 2. The maximum Gasteiger partial charge on any atom is 0.283 e. The number of benzene rings is 2. The van der Waals surface area contributed by atoms with Crippen molar-refractivity contribution in [3.63, 3.8) is 0 Å². The van der Waals surface area contributed by atoms with E-state index in [9.17, 15) is 14.0 Å². The Bertz CT molecular complexity index is 1270. The van der Waals surface area contributed by atoms with E-state index in [0.29, 0.717) is 28.1 Å². The summed E-state index contributed by atoms with van der Waals surface area (Å²) in [6, 6.07) is 13.2. The van der Waals surface area contributed by atoms with Crippen LogP contribution in [0.1, 0.15) is 30.4 Å². The van der Waals surface area contributed by atoms with Gasteiger partial charge < -0.3 is 9.64 Å². The zero-order chi connectivity index (χ0) is 24.4. The van der Waals surface area contributed by atoms with Crippen molar-refractivity contribution in [2.24, 2.45) is 10.1 Å². The Labute approximate surface area is 205 Å². The fraction of sp³-hybridized carbons (Fsp3) is 0.240. The van der Waals surface area contributed by atoms with Crippen LogP contribution in [0.4, 0.5) is 4.39 Å². The lowest BCUT2D eigenvalue weighted by Gasteiger charge is -2.20. The molecule has 0 radical (unpaired) electrons. The molecule has 0 atom stereocenters. The molecule has 1 fully saturated rings. The third-order valence-electron chi connectivity index (χ3n) is 5.77. The number of hydrazone groups is 1. The standard InChI is InChI=1S/C25H22FN5O3S/c26-18-7-3-17(4-8-18)15-34-19-9-5-16(6-10-19)13-20-23(27)31-25(28-24(20)33)35-21(29-31)14-22(32)30-11-1-2-12-30/h3-10,13,27H,1-2,11-12,14-15H2/b20-13-,27-23?. The van der Waals surface area contributed by atoms with Crippen molar-refractivity contribution in [2.75, 3.05) is 13.1 Å². The third kappa shape index (κ3) is 5.17. The van der Waals surface area contributed by atoms with E-state index in [1.807, 2.05) is 4.90 Å². The van der Waals surface area contributed by atoms with E-state index in [4.69, 9.17) is 10.1 Å². The van der Waals surface area contributed by atoms with Gasteiger partial charge in [0.2, 0.25) is 11.1 Å². The second-order valence-corrected chi connectivity index (χ2v) is 9.30. The van der Waals surface area contributed by atoms with Gasteiger partial charge >= 0.3 is 0 Å². The minimum atomic E-state index is -0.521. The van der Waals surface area contributed by atoms with Crippen LogP contribution in [0.15, 0.2) is 64.2 Å². The van der Waals surface area contributed by atoms with E-state index in [2.05, 4.69) is 10.1 Å². The monoisotopic (exact) mass is 491 g/mol. The van der Waals surface area contributed by atoms with Crippen LogP contribution in [-0.2, 0) is 16.2 Å². The maximum atomic E-state index is 13.0. The summed E-state index contributed by atoms with van der Waals surface area (Å²) in [6.07, 6.45) is 3.75. The number of thioether (sulfide) groups is 1. The Kier molecular flexibility index (Phi) is 6.45. The number of hydrogen-bond donors (Lipinski definition) is 1. The highest BCUT2D eigenvalue weighted by Crippen LogP contribution is 2.30. The highest BCUT2D eigenvalue weighted by molar-refractivity contribution is 8.27. The first kappa shape index (κ1) is 23.0. The Morgan fingerprint density at radius 1 is 1.11 bits per heavy atom. The molecule has 10 heteroatoms. The van der Waals surface area contributed by atoms with Crippen LogP contribution < -0.4 is 4.74 Å². The summed E-state index contributed by atoms with van der Waals surface area (Å²) in [7, 11) is 0. The lowest BCUT2D eigenvalue weighted by atomic mass is 10.1. The summed E-state index contributed by atoms with van der Waals surface area (Å²) in [4.78, 5) is 31.0. The van der Waals surface area contributed by atoms with Crippen molar-refractivity contribution < 1.29 is 18.7 Å². The minimum absolute atomic E-state index is 0.00422. The van der Waals surface area contributed by atoms with Crippen LogP contribution in [-0.4, -0.2) is 50.9 Å². The van der Waals surface area contributed by atoms with Crippen LogP contribution in [0, 0.1) is 11.2 Å². The Morgan fingerprint density at radius 3 is 2.54 bits per heavy atom. The zero-order valence-electron chi connectivity index (χ0n) is 18.7. The van der Waals surface area contributed by atoms with E-state index in [1.165, 1.54) is 17.1 Å². The Morgan fingerprint density at radius 2 is 1.83 bits per heavy atom. The molecule has 5 rings (SSSR count). The van der Waals surface area contributed by atoms with Crippen LogP contribution in [0.2, 0.25) is 0 Å². The molecule has 3 aliphatic heterocycles. The summed E-state index contributed by atoms with van der Waals surface area (Å²) in [5, 5.41) is 15.0. The molecule has 3 heterocycles. The number of nitrogens with one attached hydrogen (secondary N) is 1. The van der Waals surface area contributed by atoms with Gasteiger partial charge in [0.1, 0.15) is 23.2 Å². The molecule has 1 saturated heterocycles. The SMILES string of the molecule is N=C1/C(=C/c2ccc(OCc3ccc(F)cc3)cc2)C(=O)N=C2SC(CC(=O)N3CCCC3)=NN12. The van der Waals surface area contributed by atoms with E-state index in [1.54, 1.807) is 42.5 Å². The summed E-state index contributed by atoms with van der Waals surface area (Å²) in [5.41, 5.74) is 1.66. The third-order valence-corrected chi connectivity index (χ3v) is 6.68. The predicted octanol–water partition coefficient (Wildman–Crippen LogP) is 4.04. The number of nitrogens with zero attached hydrogens (tertiary/aromatic N) is 4. The highest BCUT2D eigenvalue weighted by Gasteiger charge is 2.36. The molecule has 2 aromatic rings. The van der Waals surface area contributed by atoms with Crippen molar-refractivity contribution in [2.45, 2.75) is 25.9 Å². The number of hydrogen-bond acceptors (Lipinski definition) is 6. The molecule has 1 N–H and O–H groups in total. The van der Waals surface area contributed by atoms with E-state index >= 15 is 0 Å². The van der Waals surface area contributed by atoms with Crippen molar-refractivity contribution in [3.8, 4) is 5.75 Å². The molecule has 2 amide bonds. The van der Waals surface area contributed by atoms with Gasteiger partial charge in [-0.25, -0.2) is 4.39 Å². The van der Waals surface area contributed by atoms with Crippen LogP contribution in [0.25, 0.3) is 6.08 Å².